The maximum atomic E-state index is 13.2. The Bertz CT molecular complexity index is 1170. The van der Waals surface area contributed by atoms with Crippen molar-refractivity contribution < 1.29 is 9.59 Å². The van der Waals surface area contributed by atoms with Crippen molar-refractivity contribution in [1.29, 1.82) is 0 Å². The van der Waals surface area contributed by atoms with Gasteiger partial charge in [0.2, 0.25) is 0 Å². The van der Waals surface area contributed by atoms with Gasteiger partial charge in [0.1, 0.15) is 0 Å². The molecule has 0 saturated heterocycles. The summed E-state index contributed by atoms with van der Waals surface area (Å²) in [5.74, 6) is 0.0500. The first kappa shape index (κ1) is 22.6. The fourth-order valence-electron chi connectivity index (χ4n) is 4.19. The number of nitrogens with one attached hydrogen (secondary N) is 2. The summed E-state index contributed by atoms with van der Waals surface area (Å²) in [4.78, 5) is 28.3. The van der Waals surface area contributed by atoms with Gasteiger partial charge in [-0.25, -0.2) is 0 Å². The van der Waals surface area contributed by atoms with Gasteiger partial charge in [0.25, 0.3) is 11.8 Å². The monoisotopic (exact) mass is 441 g/mol. The van der Waals surface area contributed by atoms with Gasteiger partial charge in [0.15, 0.2) is 0 Å². The molecule has 170 valence electrons. The summed E-state index contributed by atoms with van der Waals surface area (Å²) < 4.78 is 0. The first-order valence-electron chi connectivity index (χ1n) is 11.5. The fraction of sp³-hybridized carbons (Fsp3) is 0.286. The lowest BCUT2D eigenvalue weighted by Gasteiger charge is -2.32. The second kappa shape index (κ2) is 9.90. The van der Waals surface area contributed by atoms with E-state index in [4.69, 9.17) is 0 Å². The lowest BCUT2D eigenvalue weighted by Crippen LogP contribution is -2.34. The second-order valence-corrected chi connectivity index (χ2v) is 9.05. The van der Waals surface area contributed by atoms with Crippen LogP contribution in [0.5, 0.6) is 0 Å². The summed E-state index contributed by atoms with van der Waals surface area (Å²) in [6.45, 7) is 8.26. The van der Waals surface area contributed by atoms with Crippen molar-refractivity contribution in [3.8, 4) is 0 Å². The first-order valence-corrected chi connectivity index (χ1v) is 11.5. The lowest BCUT2D eigenvalue weighted by molar-refractivity contribution is 0.0948. The van der Waals surface area contributed by atoms with Crippen LogP contribution >= 0.6 is 0 Å². The van der Waals surface area contributed by atoms with Crippen molar-refractivity contribution in [1.82, 2.24) is 5.32 Å². The summed E-state index contributed by atoms with van der Waals surface area (Å²) in [5.41, 5.74) is 6.26. The van der Waals surface area contributed by atoms with E-state index < -0.39 is 0 Å². The molecule has 0 unspecified atom stereocenters. The summed E-state index contributed by atoms with van der Waals surface area (Å²) in [7, 11) is 0. The molecule has 1 aliphatic heterocycles. The molecule has 3 aromatic carbocycles. The van der Waals surface area contributed by atoms with E-state index in [1.165, 1.54) is 11.1 Å². The summed E-state index contributed by atoms with van der Waals surface area (Å²) in [6.07, 6.45) is 0.939. The molecule has 0 spiro atoms. The minimum atomic E-state index is -0.179. The number of nitrogens with zero attached hydrogens (tertiary/aromatic N) is 1. The van der Waals surface area contributed by atoms with Crippen LogP contribution in [-0.2, 0) is 13.0 Å². The topological polar surface area (TPSA) is 61.4 Å². The Morgan fingerprint density at radius 1 is 0.909 bits per heavy atom. The number of aryl methyl sites for hydroxylation is 1. The molecule has 0 aliphatic carbocycles. The van der Waals surface area contributed by atoms with Gasteiger partial charge in [0.05, 0.1) is 5.56 Å². The van der Waals surface area contributed by atoms with Crippen LogP contribution in [0, 0.1) is 12.8 Å². The molecule has 0 fully saturated rings. The number of rotatable bonds is 6. The SMILES string of the molecule is Cc1ccccc1C(=O)Nc1ccc(N2CCc3ccccc3C2)c(C(=O)NCC(C)C)c1. The molecule has 1 aliphatic rings. The van der Waals surface area contributed by atoms with E-state index in [0.717, 1.165) is 30.8 Å². The zero-order valence-corrected chi connectivity index (χ0v) is 19.5. The molecule has 0 atom stereocenters. The fourth-order valence-corrected chi connectivity index (χ4v) is 4.19. The minimum absolute atomic E-state index is 0.121. The molecular formula is C28H31N3O2. The van der Waals surface area contributed by atoms with Gasteiger partial charge in [-0.3, -0.25) is 9.59 Å². The minimum Gasteiger partial charge on any atom is -0.366 e. The van der Waals surface area contributed by atoms with Crippen molar-refractivity contribution in [3.05, 3.63) is 94.5 Å². The van der Waals surface area contributed by atoms with Gasteiger partial charge in [-0.05, 0) is 60.2 Å². The molecule has 3 aromatic rings. The molecule has 5 nitrogen and oxygen atoms in total. The summed E-state index contributed by atoms with van der Waals surface area (Å²) in [6, 6.07) is 21.6. The molecule has 0 bridgehead atoms. The maximum absolute atomic E-state index is 13.2. The number of carbonyl (C=O) groups excluding carboxylic acids is 2. The van der Waals surface area contributed by atoms with Crippen molar-refractivity contribution in [3.63, 3.8) is 0 Å². The van der Waals surface area contributed by atoms with Gasteiger partial charge in [-0.15, -0.1) is 0 Å². The highest BCUT2D eigenvalue weighted by Gasteiger charge is 2.22. The van der Waals surface area contributed by atoms with Crippen molar-refractivity contribution in [2.45, 2.75) is 33.7 Å². The van der Waals surface area contributed by atoms with Gasteiger partial charge in [0, 0.05) is 36.6 Å². The third kappa shape index (κ3) is 5.25. The number of carbonyl (C=O) groups is 2. The van der Waals surface area contributed by atoms with Gasteiger partial charge in [-0.1, -0.05) is 56.3 Å². The molecule has 0 saturated carbocycles. The number of hydrogen-bond donors (Lipinski definition) is 2. The molecule has 0 aromatic heterocycles. The van der Waals surface area contributed by atoms with Gasteiger partial charge >= 0.3 is 0 Å². The Morgan fingerprint density at radius 3 is 2.39 bits per heavy atom. The molecule has 5 heteroatoms. The number of amides is 2. The third-order valence-electron chi connectivity index (χ3n) is 6.03. The molecule has 0 radical (unpaired) electrons. The first-order chi connectivity index (χ1) is 15.9. The van der Waals surface area contributed by atoms with E-state index in [1.807, 2.05) is 37.3 Å². The number of fused-ring (bicyclic) bond motifs is 1. The van der Waals surface area contributed by atoms with Crippen LogP contribution in [-0.4, -0.2) is 24.9 Å². The van der Waals surface area contributed by atoms with E-state index >= 15 is 0 Å². The lowest BCUT2D eigenvalue weighted by atomic mass is 9.98. The molecular weight excluding hydrogens is 410 g/mol. The van der Waals surface area contributed by atoms with Crippen LogP contribution in [0.15, 0.2) is 66.7 Å². The third-order valence-corrected chi connectivity index (χ3v) is 6.03. The maximum Gasteiger partial charge on any atom is 0.255 e. The zero-order chi connectivity index (χ0) is 23.4. The Kier molecular flexibility index (Phi) is 6.78. The molecule has 1 heterocycles. The predicted molar refractivity (Wildman–Crippen MR) is 134 cm³/mol. The Morgan fingerprint density at radius 2 is 1.64 bits per heavy atom. The van der Waals surface area contributed by atoms with Gasteiger partial charge in [-0.2, -0.15) is 0 Å². The summed E-state index contributed by atoms with van der Waals surface area (Å²) >= 11 is 0. The Labute approximate surface area is 195 Å². The number of anilines is 2. The van der Waals surface area contributed by atoms with Crippen molar-refractivity contribution >= 4 is 23.2 Å². The normalized spacial score (nSPS) is 12.9. The Hall–Kier alpha value is -3.60. The zero-order valence-electron chi connectivity index (χ0n) is 19.5. The summed E-state index contributed by atoms with van der Waals surface area (Å²) in [5, 5.41) is 6.01. The van der Waals surface area contributed by atoms with Crippen molar-refractivity contribution in [2.75, 3.05) is 23.3 Å². The van der Waals surface area contributed by atoms with Crippen LogP contribution in [0.3, 0.4) is 0 Å². The van der Waals surface area contributed by atoms with Crippen molar-refractivity contribution in [2.24, 2.45) is 5.92 Å². The number of benzene rings is 3. The average molecular weight is 442 g/mol. The largest absolute Gasteiger partial charge is 0.366 e. The van der Waals surface area contributed by atoms with Crippen LogP contribution < -0.4 is 15.5 Å². The highest BCUT2D eigenvalue weighted by Crippen LogP contribution is 2.30. The van der Waals surface area contributed by atoms with Gasteiger partial charge < -0.3 is 15.5 Å². The highest BCUT2D eigenvalue weighted by atomic mass is 16.2. The standard InChI is InChI=1S/C28H31N3O2/c1-19(2)17-29-27(32)25-16-23(30-28(33)24-11-7-4-8-20(24)3)12-13-26(25)31-15-14-21-9-5-6-10-22(21)18-31/h4-13,16,19H,14-15,17-18H2,1-3H3,(H,29,32)(H,30,33). The molecule has 4 rings (SSSR count). The average Bonchev–Trinajstić information content (AvgIpc) is 2.82. The quantitative estimate of drug-likeness (QED) is 0.553. The molecule has 2 N–H and O–H groups in total. The van der Waals surface area contributed by atoms with E-state index in [-0.39, 0.29) is 11.8 Å². The van der Waals surface area contributed by atoms with Crippen LogP contribution in [0.25, 0.3) is 0 Å². The van der Waals surface area contributed by atoms with E-state index in [9.17, 15) is 9.59 Å². The van der Waals surface area contributed by atoms with Crippen LogP contribution in [0.2, 0.25) is 0 Å². The predicted octanol–water partition coefficient (Wildman–Crippen LogP) is 5.20. The Balaban J connectivity index is 1.63. The molecule has 2 amide bonds. The highest BCUT2D eigenvalue weighted by molar-refractivity contribution is 6.07. The smallest absolute Gasteiger partial charge is 0.255 e. The van der Waals surface area contributed by atoms with E-state index in [2.05, 4.69) is 53.6 Å². The van der Waals surface area contributed by atoms with Crippen LogP contribution in [0.4, 0.5) is 11.4 Å². The molecule has 33 heavy (non-hydrogen) atoms. The number of hydrogen-bond acceptors (Lipinski definition) is 3. The second-order valence-electron chi connectivity index (χ2n) is 9.05. The van der Waals surface area contributed by atoms with E-state index in [1.54, 1.807) is 12.1 Å². The van der Waals surface area contributed by atoms with Crippen LogP contribution in [0.1, 0.15) is 51.3 Å². The van der Waals surface area contributed by atoms with E-state index in [0.29, 0.717) is 29.3 Å².